The van der Waals surface area contributed by atoms with Crippen molar-refractivity contribution >= 4 is 11.9 Å². The molecule has 1 atom stereocenters. The van der Waals surface area contributed by atoms with E-state index in [1.54, 1.807) is 31.2 Å². The van der Waals surface area contributed by atoms with Gasteiger partial charge in [0.05, 0.1) is 17.6 Å². The normalized spacial score (nSPS) is 11.2. The van der Waals surface area contributed by atoms with Crippen LogP contribution in [0.1, 0.15) is 25.8 Å². The number of nitrogens with zero attached hydrogens (tertiary/aromatic N) is 1. The number of carbonyl (C=O) groups excluding carboxylic acids is 2. The molecule has 5 heteroatoms. The van der Waals surface area contributed by atoms with Crippen molar-refractivity contribution in [1.82, 2.24) is 0 Å². The van der Waals surface area contributed by atoms with Gasteiger partial charge in [-0.05, 0) is 41.8 Å². The number of carbonyl (C=O) groups is 2. The predicted octanol–water partition coefficient (Wildman–Crippen LogP) is 3.72. The van der Waals surface area contributed by atoms with Crippen LogP contribution in [0.15, 0.2) is 48.5 Å². The van der Waals surface area contributed by atoms with Crippen LogP contribution < -0.4 is 4.74 Å². The van der Waals surface area contributed by atoms with Crippen molar-refractivity contribution in [2.45, 2.75) is 20.3 Å². The van der Waals surface area contributed by atoms with Gasteiger partial charge in [-0.1, -0.05) is 38.1 Å². The molecule has 0 aliphatic rings. The Morgan fingerprint density at radius 2 is 1.60 bits per heavy atom. The third-order valence-electron chi connectivity index (χ3n) is 3.78. The Morgan fingerprint density at radius 1 is 1.04 bits per heavy atom. The number of hydrogen-bond donors (Lipinski definition) is 0. The fourth-order valence-electron chi connectivity index (χ4n) is 2.05. The number of esters is 2. The Labute approximate surface area is 146 Å². The van der Waals surface area contributed by atoms with Crippen LogP contribution in [0.5, 0.6) is 5.75 Å². The summed E-state index contributed by atoms with van der Waals surface area (Å²) < 4.78 is 10.1. The van der Waals surface area contributed by atoms with Gasteiger partial charge in [-0.2, -0.15) is 5.26 Å². The van der Waals surface area contributed by atoms with Crippen LogP contribution in [0.4, 0.5) is 0 Å². The molecule has 0 saturated heterocycles. The second-order valence-electron chi connectivity index (χ2n) is 5.60. The van der Waals surface area contributed by atoms with Crippen molar-refractivity contribution < 1.29 is 19.1 Å². The summed E-state index contributed by atoms with van der Waals surface area (Å²) in [7, 11) is 0. The van der Waals surface area contributed by atoms with Crippen LogP contribution in [0.2, 0.25) is 0 Å². The van der Waals surface area contributed by atoms with Crippen LogP contribution in [0, 0.1) is 17.2 Å². The molecule has 2 aromatic carbocycles. The number of nitriles is 1. The molecular weight excluding hydrogens is 318 g/mol. The summed E-state index contributed by atoms with van der Waals surface area (Å²) in [5, 5.41) is 8.81. The molecule has 5 nitrogen and oxygen atoms in total. The number of ether oxygens (including phenoxy) is 2. The van der Waals surface area contributed by atoms with Gasteiger partial charge >= 0.3 is 11.9 Å². The first-order chi connectivity index (χ1) is 12.0. The molecule has 0 radical (unpaired) electrons. The van der Waals surface area contributed by atoms with Crippen molar-refractivity contribution in [3.63, 3.8) is 0 Å². The van der Waals surface area contributed by atoms with E-state index < -0.39 is 18.5 Å². The highest BCUT2D eigenvalue weighted by molar-refractivity contribution is 5.79. The van der Waals surface area contributed by atoms with Crippen LogP contribution in [-0.2, 0) is 14.3 Å². The summed E-state index contributed by atoms with van der Waals surface area (Å²) in [6.07, 6.45) is 0.657. The predicted molar refractivity (Wildman–Crippen MR) is 92.6 cm³/mol. The highest BCUT2D eigenvalue weighted by Gasteiger charge is 2.14. The minimum atomic E-state index is -0.622. The largest absolute Gasteiger partial charge is 0.453 e. The van der Waals surface area contributed by atoms with Crippen LogP contribution in [0.3, 0.4) is 0 Å². The number of benzene rings is 2. The van der Waals surface area contributed by atoms with Crippen molar-refractivity contribution in [3.8, 4) is 22.9 Å². The first-order valence-electron chi connectivity index (χ1n) is 8.01. The van der Waals surface area contributed by atoms with Crippen molar-refractivity contribution in [3.05, 3.63) is 54.1 Å². The average Bonchev–Trinajstić information content (AvgIpc) is 2.66. The smallest absolute Gasteiger partial charge is 0.349 e. The van der Waals surface area contributed by atoms with E-state index in [9.17, 15) is 9.59 Å². The Kier molecular flexibility index (Phi) is 6.30. The molecule has 0 bridgehead atoms. The third-order valence-corrected chi connectivity index (χ3v) is 3.78. The lowest BCUT2D eigenvalue weighted by Gasteiger charge is -2.09. The van der Waals surface area contributed by atoms with Gasteiger partial charge < -0.3 is 9.47 Å². The van der Waals surface area contributed by atoms with E-state index in [-0.39, 0.29) is 5.92 Å². The number of rotatable bonds is 6. The standard InChI is InChI=1S/C20H19NO4/c1-3-14(2)20(23)24-13-19(22)25-18-10-8-17(9-11-18)16-6-4-15(12-21)5-7-16/h4-11,14H,3,13H2,1-2H3. The molecule has 2 aromatic rings. The molecule has 0 aliphatic carbocycles. The zero-order valence-electron chi connectivity index (χ0n) is 14.2. The summed E-state index contributed by atoms with van der Waals surface area (Å²) in [5.41, 5.74) is 2.49. The van der Waals surface area contributed by atoms with E-state index >= 15 is 0 Å². The van der Waals surface area contributed by atoms with Gasteiger partial charge in [0.15, 0.2) is 6.61 Å². The van der Waals surface area contributed by atoms with E-state index in [1.807, 2.05) is 31.2 Å². The fourth-order valence-corrected chi connectivity index (χ4v) is 2.05. The monoisotopic (exact) mass is 337 g/mol. The molecule has 0 amide bonds. The van der Waals surface area contributed by atoms with Gasteiger partial charge in [-0.3, -0.25) is 4.79 Å². The Morgan fingerprint density at radius 3 is 2.12 bits per heavy atom. The first-order valence-corrected chi connectivity index (χ1v) is 8.01. The van der Waals surface area contributed by atoms with E-state index in [0.717, 1.165) is 11.1 Å². The van der Waals surface area contributed by atoms with Gasteiger partial charge in [0.2, 0.25) is 0 Å². The zero-order chi connectivity index (χ0) is 18.2. The molecule has 0 saturated carbocycles. The molecule has 0 aromatic heterocycles. The van der Waals surface area contributed by atoms with Crippen LogP contribution in [0.25, 0.3) is 11.1 Å². The summed E-state index contributed by atoms with van der Waals surface area (Å²) >= 11 is 0. The van der Waals surface area contributed by atoms with E-state index in [0.29, 0.717) is 17.7 Å². The molecular formula is C20H19NO4. The molecule has 0 spiro atoms. The molecule has 128 valence electrons. The SMILES string of the molecule is CCC(C)C(=O)OCC(=O)Oc1ccc(-c2ccc(C#N)cc2)cc1. The average molecular weight is 337 g/mol. The number of hydrogen-bond acceptors (Lipinski definition) is 5. The topological polar surface area (TPSA) is 76.4 Å². The molecule has 25 heavy (non-hydrogen) atoms. The Bertz CT molecular complexity index is 773. The zero-order valence-corrected chi connectivity index (χ0v) is 14.2. The summed E-state index contributed by atoms with van der Waals surface area (Å²) in [4.78, 5) is 23.3. The third kappa shape index (κ3) is 5.18. The molecule has 0 heterocycles. The Balaban J connectivity index is 1.92. The van der Waals surface area contributed by atoms with E-state index in [2.05, 4.69) is 6.07 Å². The van der Waals surface area contributed by atoms with Crippen molar-refractivity contribution in [1.29, 1.82) is 5.26 Å². The summed E-state index contributed by atoms with van der Waals surface area (Å²) in [6, 6.07) is 16.2. The lowest BCUT2D eigenvalue weighted by molar-refractivity contribution is -0.156. The summed E-state index contributed by atoms with van der Waals surface area (Å²) in [6.45, 7) is 3.22. The lowest BCUT2D eigenvalue weighted by atomic mass is 10.0. The molecule has 0 aliphatic heterocycles. The van der Waals surface area contributed by atoms with Gasteiger partial charge in [-0.25, -0.2) is 4.79 Å². The molecule has 0 N–H and O–H groups in total. The summed E-state index contributed by atoms with van der Waals surface area (Å²) in [5.74, 6) is -0.889. The minimum absolute atomic E-state index is 0.237. The van der Waals surface area contributed by atoms with Gasteiger partial charge in [0.1, 0.15) is 5.75 Å². The fraction of sp³-hybridized carbons (Fsp3) is 0.250. The van der Waals surface area contributed by atoms with Gasteiger partial charge in [0.25, 0.3) is 0 Å². The van der Waals surface area contributed by atoms with Crippen molar-refractivity contribution in [2.24, 2.45) is 5.92 Å². The van der Waals surface area contributed by atoms with E-state index in [1.165, 1.54) is 0 Å². The Hall–Kier alpha value is -3.13. The highest BCUT2D eigenvalue weighted by Crippen LogP contribution is 2.22. The first kappa shape index (κ1) is 18.2. The van der Waals surface area contributed by atoms with Gasteiger partial charge in [0, 0.05) is 0 Å². The van der Waals surface area contributed by atoms with E-state index in [4.69, 9.17) is 14.7 Å². The molecule has 1 unspecified atom stereocenters. The molecule has 0 fully saturated rings. The second-order valence-corrected chi connectivity index (χ2v) is 5.60. The second kappa shape index (κ2) is 8.65. The quantitative estimate of drug-likeness (QED) is 0.593. The van der Waals surface area contributed by atoms with Gasteiger partial charge in [-0.15, -0.1) is 0 Å². The van der Waals surface area contributed by atoms with Crippen LogP contribution in [-0.4, -0.2) is 18.5 Å². The maximum Gasteiger partial charge on any atom is 0.349 e. The minimum Gasteiger partial charge on any atom is -0.453 e. The van der Waals surface area contributed by atoms with Crippen LogP contribution >= 0.6 is 0 Å². The molecule has 2 rings (SSSR count). The maximum absolute atomic E-state index is 11.7. The van der Waals surface area contributed by atoms with Crippen molar-refractivity contribution in [2.75, 3.05) is 6.61 Å². The lowest BCUT2D eigenvalue weighted by Crippen LogP contribution is -2.22. The maximum atomic E-state index is 11.7. The highest BCUT2D eigenvalue weighted by atomic mass is 16.6.